The van der Waals surface area contributed by atoms with Gasteiger partial charge in [-0.3, -0.25) is 0 Å². The lowest BCUT2D eigenvalue weighted by atomic mass is 10.1. The van der Waals surface area contributed by atoms with Crippen LogP contribution in [0.1, 0.15) is 12.5 Å². The van der Waals surface area contributed by atoms with Crippen LogP contribution in [-0.4, -0.2) is 16.5 Å². The number of nitrogens with zero attached hydrogens (tertiary/aromatic N) is 2. The van der Waals surface area contributed by atoms with Gasteiger partial charge in [0.25, 0.3) is 0 Å². The first-order valence-electron chi connectivity index (χ1n) is 6.44. The van der Waals surface area contributed by atoms with Gasteiger partial charge in [0, 0.05) is 6.54 Å². The third kappa shape index (κ3) is 2.25. The Hall–Kier alpha value is -2.01. The Kier molecular flexibility index (Phi) is 3.36. The second-order valence-electron chi connectivity index (χ2n) is 4.55. The predicted octanol–water partition coefficient (Wildman–Crippen LogP) is 4.24. The maximum Gasteiger partial charge on any atom is 0.166 e. The van der Waals surface area contributed by atoms with Crippen molar-refractivity contribution in [2.45, 2.75) is 13.8 Å². The Bertz CT molecular complexity index is 767. The van der Waals surface area contributed by atoms with Gasteiger partial charge in [0.1, 0.15) is 16.5 Å². The molecule has 0 bridgehead atoms. The SMILES string of the molecule is CCNc1nc(-c2ccc(C)cc2F)nc2sccc12. The summed E-state index contributed by atoms with van der Waals surface area (Å²) in [7, 11) is 0. The van der Waals surface area contributed by atoms with Crippen LogP contribution in [0.15, 0.2) is 29.6 Å². The largest absolute Gasteiger partial charge is 0.370 e. The van der Waals surface area contributed by atoms with Crippen molar-refractivity contribution >= 4 is 27.4 Å². The first-order chi connectivity index (χ1) is 9.69. The molecular weight excluding hydrogens is 273 g/mol. The van der Waals surface area contributed by atoms with Gasteiger partial charge >= 0.3 is 0 Å². The molecule has 1 aromatic carbocycles. The van der Waals surface area contributed by atoms with E-state index in [4.69, 9.17) is 0 Å². The third-order valence-corrected chi connectivity index (χ3v) is 3.84. The molecule has 0 unspecified atom stereocenters. The molecule has 0 saturated carbocycles. The van der Waals surface area contributed by atoms with Gasteiger partial charge < -0.3 is 5.32 Å². The van der Waals surface area contributed by atoms with Crippen LogP contribution in [0.25, 0.3) is 21.6 Å². The fourth-order valence-electron chi connectivity index (χ4n) is 2.08. The van der Waals surface area contributed by atoms with E-state index in [1.807, 2.05) is 31.4 Å². The van der Waals surface area contributed by atoms with Crippen LogP contribution in [0.4, 0.5) is 10.2 Å². The molecule has 5 heteroatoms. The van der Waals surface area contributed by atoms with Crippen LogP contribution >= 0.6 is 11.3 Å². The first-order valence-corrected chi connectivity index (χ1v) is 7.32. The normalized spacial score (nSPS) is 10.9. The molecule has 3 aromatic rings. The highest BCUT2D eigenvalue weighted by Gasteiger charge is 2.13. The average Bonchev–Trinajstić information content (AvgIpc) is 2.87. The number of rotatable bonds is 3. The van der Waals surface area contributed by atoms with E-state index in [-0.39, 0.29) is 5.82 Å². The summed E-state index contributed by atoms with van der Waals surface area (Å²) in [4.78, 5) is 9.80. The summed E-state index contributed by atoms with van der Waals surface area (Å²) >= 11 is 1.53. The lowest BCUT2D eigenvalue weighted by molar-refractivity contribution is 0.629. The summed E-state index contributed by atoms with van der Waals surface area (Å²) in [5.41, 5.74) is 1.32. The predicted molar refractivity (Wildman–Crippen MR) is 81.7 cm³/mol. The van der Waals surface area contributed by atoms with Gasteiger partial charge in [0.05, 0.1) is 10.9 Å². The Morgan fingerprint density at radius 2 is 2.10 bits per heavy atom. The monoisotopic (exact) mass is 287 g/mol. The smallest absolute Gasteiger partial charge is 0.166 e. The summed E-state index contributed by atoms with van der Waals surface area (Å²) in [6.07, 6.45) is 0. The van der Waals surface area contributed by atoms with Gasteiger partial charge in [0.2, 0.25) is 0 Å². The topological polar surface area (TPSA) is 37.8 Å². The highest BCUT2D eigenvalue weighted by molar-refractivity contribution is 7.16. The molecule has 0 saturated heterocycles. The number of thiophene rings is 1. The zero-order chi connectivity index (χ0) is 14.1. The Labute approximate surface area is 120 Å². The first kappa shape index (κ1) is 13.0. The molecule has 2 aromatic heterocycles. The Morgan fingerprint density at radius 3 is 2.85 bits per heavy atom. The minimum atomic E-state index is -0.289. The fourth-order valence-corrected chi connectivity index (χ4v) is 2.84. The molecule has 2 heterocycles. The van der Waals surface area contributed by atoms with Crippen LogP contribution in [0.3, 0.4) is 0 Å². The van der Waals surface area contributed by atoms with Crippen molar-refractivity contribution in [2.24, 2.45) is 0 Å². The van der Waals surface area contributed by atoms with Crippen LogP contribution in [0.5, 0.6) is 0 Å². The number of fused-ring (bicyclic) bond motifs is 1. The highest BCUT2D eigenvalue weighted by atomic mass is 32.1. The minimum absolute atomic E-state index is 0.289. The van der Waals surface area contributed by atoms with Gasteiger partial charge in [-0.2, -0.15) is 0 Å². The second kappa shape index (κ2) is 5.17. The Morgan fingerprint density at radius 1 is 1.25 bits per heavy atom. The number of hydrogen-bond acceptors (Lipinski definition) is 4. The molecule has 0 aliphatic carbocycles. The molecule has 20 heavy (non-hydrogen) atoms. The summed E-state index contributed by atoms with van der Waals surface area (Å²) in [6.45, 7) is 4.63. The van der Waals surface area contributed by atoms with E-state index in [2.05, 4.69) is 15.3 Å². The number of anilines is 1. The van der Waals surface area contributed by atoms with Crippen molar-refractivity contribution < 1.29 is 4.39 Å². The summed E-state index contributed by atoms with van der Waals surface area (Å²) in [5.74, 6) is 0.894. The third-order valence-electron chi connectivity index (χ3n) is 3.03. The molecule has 0 aliphatic rings. The quantitative estimate of drug-likeness (QED) is 0.783. The van der Waals surface area contributed by atoms with Gasteiger partial charge in [-0.1, -0.05) is 6.07 Å². The number of aryl methyl sites for hydroxylation is 1. The van der Waals surface area contributed by atoms with Crippen molar-refractivity contribution in [3.63, 3.8) is 0 Å². The second-order valence-corrected chi connectivity index (χ2v) is 5.44. The number of hydrogen-bond donors (Lipinski definition) is 1. The molecule has 0 spiro atoms. The van der Waals surface area contributed by atoms with Crippen LogP contribution in [0, 0.1) is 12.7 Å². The fraction of sp³-hybridized carbons (Fsp3) is 0.200. The number of nitrogens with one attached hydrogen (secondary N) is 1. The lowest BCUT2D eigenvalue weighted by Crippen LogP contribution is -2.02. The van der Waals surface area contributed by atoms with Gasteiger partial charge in [-0.25, -0.2) is 14.4 Å². The molecule has 0 radical (unpaired) electrons. The van der Waals surface area contributed by atoms with Crippen molar-refractivity contribution in [3.05, 3.63) is 41.0 Å². The number of benzene rings is 1. The van der Waals surface area contributed by atoms with Crippen molar-refractivity contribution in [1.29, 1.82) is 0 Å². The summed E-state index contributed by atoms with van der Waals surface area (Å²) < 4.78 is 14.1. The van der Waals surface area contributed by atoms with Crippen LogP contribution in [-0.2, 0) is 0 Å². The van der Waals surface area contributed by atoms with Crippen molar-refractivity contribution in [3.8, 4) is 11.4 Å². The van der Waals surface area contributed by atoms with Gasteiger partial charge in [-0.15, -0.1) is 11.3 Å². The van der Waals surface area contributed by atoms with E-state index in [9.17, 15) is 4.39 Å². The van der Waals surface area contributed by atoms with E-state index < -0.39 is 0 Å². The zero-order valence-electron chi connectivity index (χ0n) is 11.3. The molecule has 0 aliphatic heterocycles. The zero-order valence-corrected chi connectivity index (χ0v) is 12.1. The molecule has 1 N–H and O–H groups in total. The number of halogens is 1. The van der Waals surface area contributed by atoms with Crippen molar-refractivity contribution in [2.75, 3.05) is 11.9 Å². The highest BCUT2D eigenvalue weighted by Crippen LogP contribution is 2.29. The molecule has 0 fully saturated rings. The van der Waals surface area contributed by atoms with Crippen LogP contribution < -0.4 is 5.32 Å². The minimum Gasteiger partial charge on any atom is -0.370 e. The molecule has 102 valence electrons. The van der Waals surface area contributed by atoms with E-state index in [1.54, 1.807) is 6.07 Å². The molecule has 0 atom stereocenters. The maximum atomic E-state index is 14.1. The summed E-state index contributed by atoms with van der Waals surface area (Å²) in [6, 6.07) is 7.08. The molecule has 0 amide bonds. The van der Waals surface area contributed by atoms with Gasteiger partial charge in [-0.05, 0) is 43.0 Å². The van der Waals surface area contributed by atoms with Crippen molar-refractivity contribution in [1.82, 2.24) is 9.97 Å². The number of aromatic nitrogens is 2. The summed E-state index contributed by atoms with van der Waals surface area (Å²) in [5, 5.41) is 6.16. The van der Waals surface area contributed by atoms with E-state index in [0.717, 1.165) is 28.1 Å². The van der Waals surface area contributed by atoms with E-state index in [0.29, 0.717) is 11.4 Å². The molecule has 3 rings (SSSR count). The standard InChI is InChI=1S/C15H14FN3S/c1-3-17-13-11-6-7-20-15(11)19-14(18-13)10-5-4-9(2)8-12(10)16/h4-8H,3H2,1-2H3,(H,17,18,19). The Balaban J connectivity index is 2.20. The van der Waals surface area contributed by atoms with Gasteiger partial charge in [0.15, 0.2) is 5.82 Å². The van der Waals surface area contributed by atoms with Crippen LogP contribution in [0.2, 0.25) is 0 Å². The average molecular weight is 287 g/mol. The molecular formula is C15H14FN3S. The van der Waals surface area contributed by atoms with E-state index in [1.165, 1.54) is 17.4 Å². The molecule has 3 nitrogen and oxygen atoms in total. The lowest BCUT2D eigenvalue weighted by Gasteiger charge is -2.08. The maximum absolute atomic E-state index is 14.1. The van der Waals surface area contributed by atoms with E-state index >= 15 is 0 Å².